The Morgan fingerprint density at radius 1 is 1.21 bits per heavy atom. The van der Waals surface area contributed by atoms with Gasteiger partial charge in [0.1, 0.15) is 23.7 Å². The molecule has 5 rings (SSSR count). The molecule has 1 aromatic carbocycles. The summed E-state index contributed by atoms with van der Waals surface area (Å²) in [5, 5.41) is 5.23. The first-order chi connectivity index (χ1) is 28.7. The Morgan fingerprint density at radius 3 is 2.56 bits per heavy atom. The second kappa shape index (κ2) is 19.2. The van der Waals surface area contributed by atoms with Gasteiger partial charge in [-0.25, -0.2) is 15.2 Å². The predicted molar refractivity (Wildman–Crippen MR) is 235 cm³/mol. The summed E-state index contributed by atoms with van der Waals surface area (Å²) in [7, 11) is 3.15. The minimum Gasteiger partial charge on any atom is -0.464 e. The first-order valence-electron chi connectivity index (χ1n) is 21.2. The van der Waals surface area contributed by atoms with Crippen LogP contribution in [-0.4, -0.2) is 107 Å². The van der Waals surface area contributed by atoms with E-state index in [0.717, 1.165) is 39.0 Å². The van der Waals surface area contributed by atoms with E-state index in [4.69, 9.17) is 23.6 Å². The number of methoxy groups -OCH3 is 1. The number of rotatable bonds is 10. The maximum atomic E-state index is 14.4. The number of likely N-dealkylation sites (N-methyl/N-ethyl adjacent to an activating group) is 1. The Bertz CT molecular complexity index is 2170. The van der Waals surface area contributed by atoms with Crippen molar-refractivity contribution in [2.45, 2.75) is 131 Å². The number of fused-ring (bicyclic) bond motifs is 6. The number of carbonyl (C=O) groups is 4. The van der Waals surface area contributed by atoms with Crippen LogP contribution in [0.25, 0.3) is 27.8 Å². The molecule has 0 spiro atoms. The third kappa shape index (κ3) is 10.6. The average Bonchev–Trinajstić information content (AvgIpc) is 3.79. The number of ether oxygens (including phenoxy) is 3. The third-order valence-electron chi connectivity index (χ3n) is 11.1. The quantitative estimate of drug-likeness (QED) is 0.125. The van der Waals surface area contributed by atoms with Crippen molar-refractivity contribution in [3.8, 4) is 11.3 Å². The maximum Gasteiger partial charge on any atom is 0.410 e. The number of carbonyl (C=O) groups excluding carboxylic acids is 4. The molecular weight excluding hydrogens is 779 g/mol. The number of allylic oxidation sites excluding steroid dienone is 2. The van der Waals surface area contributed by atoms with E-state index in [-0.39, 0.29) is 37.5 Å². The predicted octanol–water partition coefficient (Wildman–Crippen LogP) is 6.88. The number of amides is 3. The Labute approximate surface area is 359 Å². The molecule has 1 fully saturated rings. The minimum absolute atomic E-state index is 0.101. The Kier molecular flexibility index (Phi) is 14.7. The van der Waals surface area contributed by atoms with Crippen molar-refractivity contribution in [3.05, 3.63) is 59.9 Å². The van der Waals surface area contributed by atoms with Crippen LogP contribution in [0.2, 0.25) is 0 Å². The first-order valence-corrected chi connectivity index (χ1v) is 21.2. The Balaban J connectivity index is 1.65. The van der Waals surface area contributed by atoms with Crippen molar-refractivity contribution < 1.29 is 37.8 Å². The van der Waals surface area contributed by atoms with Gasteiger partial charge >= 0.3 is 12.1 Å². The number of aliphatic imine (C=N–C) groups is 1. The van der Waals surface area contributed by atoms with Gasteiger partial charge in [-0.2, -0.15) is 0 Å². The lowest BCUT2D eigenvalue weighted by molar-refractivity contribution is -0.155. The number of benzene rings is 1. The zero-order chi connectivity index (χ0) is 45.0. The Hall–Kier alpha value is -5.28. The van der Waals surface area contributed by atoms with Crippen LogP contribution in [0.5, 0.6) is 0 Å². The molecule has 0 unspecified atom stereocenters. The van der Waals surface area contributed by atoms with E-state index in [1.807, 2.05) is 39.8 Å². The lowest BCUT2D eigenvalue weighted by Crippen LogP contribution is -2.62. The molecule has 3 aromatic rings. The standard InChI is InChI=1S/C46H65N7O8/c1-14-30(38(47-15-2)28(6)58-13)40-32-24-46(10,11)26-59-43(56)33-18-17-21-53(50-33)42(55)34(49-41(54)39(27(4)5)51(12)44(57)61-45(7,8)9)23-37-48-25-36(60-37)29-19-20-35(31(32)22-29)52(40)16-3/h14-15,19-20,22,25,27-28,33-34,39,50H,1,16-18,21,23-24,26H2,2-13H3,(H,49,54)/b38-30+,47-15?/t28-,33-,34-,39-/m0/s1. The molecule has 1 saturated heterocycles. The number of hydrogen-bond donors (Lipinski definition) is 2. The van der Waals surface area contributed by atoms with Crippen molar-refractivity contribution >= 4 is 46.6 Å². The van der Waals surface area contributed by atoms with Gasteiger partial charge in [0.25, 0.3) is 5.91 Å². The fourth-order valence-electron chi connectivity index (χ4n) is 8.10. The summed E-state index contributed by atoms with van der Waals surface area (Å²) in [5.41, 5.74) is 7.02. The molecule has 2 aliphatic rings. The summed E-state index contributed by atoms with van der Waals surface area (Å²) in [4.78, 5) is 66.1. The molecule has 6 bridgehead atoms. The van der Waals surface area contributed by atoms with Gasteiger partial charge in [0.2, 0.25) is 5.91 Å². The summed E-state index contributed by atoms with van der Waals surface area (Å²) >= 11 is 0. The maximum absolute atomic E-state index is 14.4. The highest BCUT2D eigenvalue weighted by atomic mass is 16.6. The molecule has 0 aliphatic carbocycles. The summed E-state index contributed by atoms with van der Waals surface area (Å²) < 4.78 is 26.1. The van der Waals surface area contributed by atoms with Gasteiger partial charge in [-0.05, 0) is 90.5 Å². The molecule has 2 N–H and O–H groups in total. The van der Waals surface area contributed by atoms with Gasteiger partial charge in [-0.3, -0.25) is 29.3 Å². The molecule has 332 valence electrons. The van der Waals surface area contributed by atoms with E-state index in [9.17, 15) is 19.2 Å². The molecule has 4 heterocycles. The lowest BCUT2D eigenvalue weighted by atomic mass is 9.84. The lowest BCUT2D eigenvalue weighted by Gasteiger charge is -2.36. The van der Waals surface area contributed by atoms with Gasteiger partial charge in [0, 0.05) is 60.9 Å². The van der Waals surface area contributed by atoms with Gasteiger partial charge < -0.3 is 28.5 Å². The van der Waals surface area contributed by atoms with E-state index < -0.39 is 53.0 Å². The van der Waals surface area contributed by atoms with E-state index in [2.05, 4.69) is 59.8 Å². The van der Waals surface area contributed by atoms with Crippen LogP contribution in [0.4, 0.5) is 4.79 Å². The number of cyclic esters (lactones) is 1. The van der Waals surface area contributed by atoms with Gasteiger partial charge in [0.15, 0.2) is 11.7 Å². The summed E-state index contributed by atoms with van der Waals surface area (Å²) in [6.45, 7) is 24.2. The van der Waals surface area contributed by atoms with Crippen LogP contribution in [0.1, 0.15) is 99.2 Å². The monoisotopic (exact) mass is 843 g/mol. The number of aryl methyl sites for hydroxylation is 1. The van der Waals surface area contributed by atoms with Gasteiger partial charge in [0.05, 0.1) is 36.7 Å². The minimum atomic E-state index is -1.18. The van der Waals surface area contributed by atoms with Gasteiger partial charge in [-0.1, -0.05) is 40.3 Å². The molecule has 4 atom stereocenters. The number of hydrazine groups is 1. The number of nitrogens with zero attached hydrogens (tertiary/aromatic N) is 5. The highest BCUT2D eigenvalue weighted by Crippen LogP contribution is 2.40. The van der Waals surface area contributed by atoms with Crippen molar-refractivity contribution in [2.75, 3.05) is 27.3 Å². The van der Waals surface area contributed by atoms with Crippen LogP contribution >= 0.6 is 0 Å². The zero-order valence-electron chi connectivity index (χ0n) is 38.0. The Morgan fingerprint density at radius 2 is 1.93 bits per heavy atom. The van der Waals surface area contributed by atoms with Crippen LogP contribution in [-0.2, 0) is 48.0 Å². The van der Waals surface area contributed by atoms with Crippen molar-refractivity contribution in [2.24, 2.45) is 16.3 Å². The van der Waals surface area contributed by atoms with Crippen LogP contribution in [0, 0.1) is 11.3 Å². The molecule has 3 amide bonds. The molecule has 0 radical (unpaired) electrons. The average molecular weight is 844 g/mol. The van der Waals surface area contributed by atoms with Crippen molar-refractivity contribution in [3.63, 3.8) is 0 Å². The number of hydrogen-bond acceptors (Lipinski definition) is 11. The molecule has 2 aliphatic heterocycles. The SMILES string of the molecule is C=C/C(=C(\N=CC)[C@H](C)OC)c1c2c3cc(ccc3n1CC)-c1cnc(o1)C[C@H](NC(=O)[C@H](C(C)C)N(C)C(=O)OC(C)(C)C)C(=O)N1CCC[C@H](N1)C(=O)OCC(C)(C)C2. The molecule has 0 saturated carbocycles. The van der Waals surface area contributed by atoms with Crippen LogP contribution < -0.4 is 10.7 Å². The largest absolute Gasteiger partial charge is 0.464 e. The smallest absolute Gasteiger partial charge is 0.410 e. The van der Waals surface area contributed by atoms with Crippen molar-refractivity contribution in [1.82, 2.24) is 30.2 Å². The van der Waals surface area contributed by atoms with Crippen LogP contribution in [0.3, 0.4) is 0 Å². The number of aromatic nitrogens is 2. The van der Waals surface area contributed by atoms with E-state index in [1.54, 1.807) is 40.3 Å². The highest BCUT2D eigenvalue weighted by Gasteiger charge is 2.39. The van der Waals surface area contributed by atoms with E-state index in [1.165, 1.54) is 17.0 Å². The van der Waals surface area contributed by atoms with Crippen molar-refractivity contribution in [1.29, 1.82) is 0 Å². The third-order valence-corrected chi connectivity index (χ3v) is 11.1. The molecule has 15 nitrogen and oxygen atoms in total. The number of oxazole rings is 1. The highest BCUT2D eigenvalue weighted by molar-refractivity contribution is 5.95. The molecular formula is C46H65N7O8. The van der Waals surface area contributed by atoms with Gasteiger partial charge in [-0.15, -0.1) is 0 Å². The summed E-state index contributed by atoms with van der Waals surface area (Å²) in [6.07, 6.45) is 5.57. The molecule has 15 heteroatoms. The second-order valence-corrected chi connectivity index (χ2v) is 18.0. The summed E-state index contributed by atoms with van der Waals surface area (Å²) in [6, 6.07) is 3.14. The number of nitrogens with one attached hydrogen (secondary N) is 2. The summed E-state index contributed by atoms with van der Waals surface area (Å²) in [5.74, 6) is -1.18. The van der Waals surface area contributed by atoms with E-state index >= 15 is 0 Å². The number of esters is 1. The fourth-order valence-corrected chi connectivity index (χ4v) is 8.10. The van der Waals surface area contributed by atoms with Crippen LogP contribution in [0.15, 0.2) is 52.2 Å². The molecule has 61 heavy (non-hydrogen) atoms. The zero-order valence-corrected chi connectivity index (χ0v) is 38.0. The topological polar surface area (TPSA) is 170 Å². The normalized spacial score (nSPS) is 20.2. The second-order valence-electron chi connectivity index (χ2n) is 18.0. The fraction of sp³-hybridized carbons (Fsp3) is 0.565. The van der Waals surface area contributed by atoms with E-state index in [0.29, 0.717) is 31.6 Å². The molecule has 2 aromatic heterocycles. The first kappa shape index (κ1) is 46.8.